The van der Waals surface area contributed by atoms with E-state index in [0.29, 0.717) is 5.25 Å². The Kier molecular flexibility index (Phi) is 6.54. The minimum absolute atomic E-state index is 0. The first-order valence-corrected chi connectivity index (χ1v) is 7.04. The maximum atomic E-state index is 11.8. The molecule has 0 spiro atoms. The van der Waals surface area contributed by atoms with Gasteiger partial charge >= 0.3 is 0 Å². The molecule has 2 aliphatic heterocycles. The lowest BCUT2D eigenvalue weighted by Gasteiger charge is -2.23. The smallest absolute Gasteiger partial charge is 0.237 e. The summed E-state index contributed by atoms with van der Waals surface area (Å²) in [4.78, 5) is 11.8. The van der Waals surface area contributed by atoms with Crippen molar-refractivity contribution in [2.45, 2.75) is 43.4 Å². The van der Waals surface area contributed by atoms with Crippen molar-refractivity contribution < 1.29 is 4.79 Å². The van der Waals surface area contributed by atoms with Gasteiger partial charge in [0.1, 0.15) is 0 Å². The summed E-state index contributed by atoms with van der Waals surface area (Å²) in [6.45, 7) is 1.86. The van der Waals surface area contributed by atoms with Gasteiger partial charge in [0, 0.05) is 11.8 Å². The first kappa shape index (κ1) is 14.1. The molecule has 5 heteroatoms. The molecule has 16 heavy (non-hydrogen) atoms. The van der Waals surface area contributed by atoms with Gasteiger partial charge in [-0.05, 0) is 38.0 Å². The van der Waals surface area contributed by atoms with Crippen LogP contribution in [0.3, 0.4) is 0 Å². The maximum Gasteiger partial charge on any atom is 0.237 e. The fraction of sp³-hybridized carbons (Fsp3) is 0.909. The second-order valence-corrected chi connectivity index (χ2v) is 5.79. The highest BCUT2D eigenvalue weighted by Gasteiger charge is 2.22. The molecule has 2 fully saturated rings. The van der Waals surface area contributed by atoms with Gasteiger partial charge in [-0.3, -0.25) is 4.79 Å². The van der Waals surface area contributed by atoms with Gasteiger partial charge in [-0.25, -0.2) is 0 Å². The minimum Gasteiger partial charge on any atom is -0.354 e. The Balaban J connectivity index is 0.00000128. The van der Waals surface area contributed by atoms with Gasteiger partial charge < -0.3 is 10.6 Å². The van der Waals surface area contributed by atoms with Gasteiger partial charge in [0.05, 0.1) is 6.04 Å². The topological polar surface area (TPSA) is 41.1 Å². The van der Waals surface area contributed by atoms with Gasteiger partial charge in [-0.15, -0.1) is 12.4 Å². The third kappa shape index (κ3) is 4.15. The highest BCUT2D eigenvalue weighted by Crippen LogP contribution is 2.25. The Hall–Kier alpha value is 0.0700. The molecular weight excluding hydrogens is 244 g/mol. The van der Waals surface area contributed by atoms with E-state index in [1.165, 1.54) is 31.4 Å². The lowest BCUT2D eigenvalue weighted by molar-refractivity contribution is -0.123. The van der Waals surface area contributed by atoms with Crippen molar-refractivity contribution in [3.63, 3.8) is 0 Å². The van der Waals surface area contributed by atoms with Crippen LogP contribution >= 0.6 is 24.2 Å². The normalized spacial score (nSPS) is 29.5. The number of rotatable bonds is 3. The summed E-state index contributed by atoms with van der Waals surface area (Å²) in [6.07, 6.45) is 5.98. The zero-order valence-corrected chi connectivity index (χ0v) is 11.2. The molecule has 2 aliphatic rings. The Bertz CT molecular complexity index is 216. The number of nitrogens with one attached hydrogen (secondary N) is 2. The standard InChI is InChI=1S/C11H20N2OS.ClH/c14-11(10-5-1-2-6-12-10)13-8-9-4-3-7-15-9;/h9-10,12H,1-8H2,(H,13,14);1H/t9?,10-;/m1./s1. The average Bonchev–Trinajstić information content (AvgIpc) is 2.80. The second kappa shape index (κ2) is 7.41. The second-order valence-electron chi connectivity index (χ2n) is 4.38. The molecule has 0 aromatic carbocycles. The van der Waals surface area contributed by atoms with Crippen molar-refractivity contribution in [1.82, 2.24) is 10.6 Å². The molecule has 1 unspecified atom stereocenters. The van der Waals surface area contributed by atoms with Gasteiger partial charge in [-0.2, -0.15) is 11.8 Å². The van der Waals surface area contributed by atoms with Gasteiger partial charge in [0.25, 0.3) is 0 Å². The van der Waals surface area contributed by atoms with Crippen LogP contribution in [0.15, 0.2) is 0 Å². The monoisotopic (exact) mass is 264 g/mol. The number of hydrogen-bond acceptors (Lipinski definition) is 3. The first-order chi connectivity index (χ1) is 7.36. The van der Waals surface area contributed by atoms with E-state index in [0.717, 1.165) is 19.5 Å². The Morgan fingerprint density at radius 1 is 1.31 bits per heavy atom. The summed E-state index contributed by atoms with van der Waals surface area (Å²) in [7, 11) is 0. The van der Waals surface area contributed by atoms with Crippen LogP contribution in [0.2, 0.25) is 0 Å². The molecule has 0 bridgehead atoms. The maximum absolute atomic E-state index is 11.8. The molecule has 94 valence electrons. The zero-order chi connectivity index (χ0) is 10.5. The number of carbonyl (C=O) groups is 1. The van der Waals surface area contributed by atoms with Crippen molar-refractivity contribution in [2.75, 3.05) is 18.8 Å². The number of piperidine rings is 1. The molecule has 1 amide bonds. The molecular formula is C11H21ClN2OS. The van der Waals surface area contributed by atoms with E-state index in [9.17, 15) is 4.79 Å². The van der Waals surface area contributed by atoms with Crippen LogP contribution in [0, 0.1) is 0 Å². The Morgan fingerprint density at radius 2 is 2.19 bits per heavy atom. The van der Waals surface area contributed by atoms with E-state index in [2.05, 4.69) is 10.6 Å². The predicted molar refractivity (Wildman–Crippen MR) is 71.4 cm³/mol. The molecule has 3 nitrogen and oxygen atoms in total. The summed E-state index contributed by atoms with van der Waals surface area (Å²) in [5.74, 6) is 1.48. The highest BCUT2D eigenvalue weighted by molar-refractivity contribution is 8.00. The molecule has 0 aromatic rings. The molecule has 0 aliphatic carbocycles. The third-order valence-electron chi connectivity index (χ3n) is 3.15. The van der Waals surface area contributed by atoms with Crippen LogP contribution in [0.5, 0.6) is 0 Å². The lowest BCUT2D eigenvalue weighted by atomic mass is 10.0. The van der Waals surface area contributed by atoms with E-state index in [-0.39, 0.29) is 24.4 Å². The Labute approximate surface area is 108 Å². The van der Waals surface area contributed by atoms with E-state index in [1.807, 2.05) is 11.8 Å². The van der Waals surface area contributed by atoms with Crippen molar-refractivity contribution in [3.8, 4) is 0 Å². The molecule has 2 atom stereocenters. The van der Waals surface area contributed by atoms with E-state index >= 15 is 0 Å². The highest BCUT2D eigenvalue weighted by atomic mass is 35.5. The summed E-state index contributed by atoms with van der Waals surface area (Å²) in [5.41, 5.74) is 0. The summed E-state index contributed by atoms with van der Waals surface area (Å²) in [6, 6.07) is 0.0742. The fourth-order valence-corrected chi connectivity index (χ4v) is 3.42. The van der Waals surface area contributed by atoms with Crippen molar-refractivity contribution >= 4 is 30.1 Å². The SMILES string of the molecule is Cl.O=C(NCC1CCCS1)[C@H]1CCCCN1. The molecule has 0 aromatic heterocycles. The quantitative estimate of drug-likeness (QED) is 0.813. The van der Waals surface area contributed by atoms with Gasteiger partial charge in [0.15, 0.2) is 0 Å². The fourth-order valence-electron chi connectivity index (χ4n) is 2.22. The van der Waals surface area contributed by atoms with E-state index in [4.69, 9.17) is 0 Å². The minimum atomic E-state index is 0. The van der Waals surface area contributed by atoms with E-state index in [1.54, 1.807) is 0 Å². The van der Waals surface area contributed by atoms with Crippen LogP contribution in [-0.4, -0.2) is 36.0 Å². The van der Waals surface area contributed by atoms with E-state index < -0.39 is 0 Å². The van der Waals surface area contributed by atoms with Gasteiger partial charge in [-0.1, -0.05) is 6.42 Å². The van der Waals surface area contributed by atoms with Crippen LogP contribution in [0.4, 0.5) is 0 Å². The summed E-state index contributed by atoms with van der Waals surface area (Å²) in [5, 5.41) is 7.01. The molecule has 0 radical (unpaired) electrons. The number of hydrogen-bond donors (Lipinski definition) is 2. The van der Waals surface area contributed by atoms with Crippen molar-refractivity contribution in [3.05, 3.63) is 0 Å². The Morgan fingerprint density at radius 3 is 2.81 bits per heavy atom. The lowest BCUT2D eigenvalue weighted by Crippen LogP contribution is -2.47. The van der Waals surface area contributed by atoms with Crippen LogP contribution in [0.25, 0.3) is 0 Å². The zero-order valence-electron chi connectivity index (χ0n) is 9.54. The van der Waals surface area contributed by atoms with Crippen LogP contribution < -0.4 is 10.6 Å². The number of carbonyl (C=O) groups excluding carboxylic acids is 1. The molecule has 0 saturated carbocycles. The predicted octanol–water partition coefficient (Wildman–Crippen LogP) is 1.56. The number of thioether (sulfide) groups is 1. The molecule has 2 rings (SSSR count). The molecule has 2 N–H and O–H groups in total. The van der Waals surface area contributed by atoms with Crippen molar-refractivity contribution in [2.24, 2.45) is 0 Å². The third-order valence-corrected chi connectivity index (χ3v) is 4.55. The largest absolute Gasteiger partial charge is 0.354 e. The average molecular weight is 265 g/mol. The number of halogens is 1. The summed E-state index contributed by atoms with van der Waals surface area (Å²) < 4.78 is 0. The van der Waals surface area contributed by atoms with Crippen LogP contribution in [0.1, 0.15) is 32.1 Å². The van der Waals surface area contributed by atoms with Crippen molar-refractivity contribution in [1.29, 1.82) is 0 Å². The first-order valence-electron chi connectivity index (χ1n) is 5.99. The number of amides is 1. The molecule has 2 heterocycles. The van der Waals surface area contributed by atoms with Gasteiger partial charge in [0.2, 0.25) is 5.91 Å². The van der Waals surface area contributed by atoms with Crippen LogP contribution in [-0.2, 0) is 4.79 Å². The molecule has 2 saturated heterocycles. The summed E-state index contributed by atoms with van der Waals surface area (Å²) >= 11 is 2.00.